The van der Waals surface area contributed by atoms with Crippen LogP contribution in [-0.4, -0.2) is 142 Å². The van der Waals surface area contributed by atoms with E-state index in [0.717, 1.165) is 21.6 Å². The van der Waals surface area contributed by atoms with Gasteiger partial charge in [-0.25, -0.2) is 0 Å². The van der Waals surface area contributed by atoms with Crippen LogP contribution >= 0.6 is 21.6 Å². The van der Waals surface area contributed by atoms with Gasteiger partial charge < -0.3 is 69.9 Å². The zero-order chi connectivity index (χ0) is 52.7. The number of hydrogen-bond acceptors (Lipinski definition) is 14. The van der Waals surface area contributed by atoms with E-state index in [1.165, 1.54) is 26.0 Å². The first kappa shape index (κ1) is 60.3. The van der Waals surface area contributed by atoms with Gasteiger partial charge in [-0.1, -0.05) is 87.6 Å². The Labute approximate surface area is 417 Å². The van der Waals surface area contributed by atoms with Gasteiger partial charge in [0.25, 0.3) is 0 Å². The topological polar surface area (TPSA) is 381 Å². The summed E-state index contributed by atoms with van der Waals surface area (Å²) in [6.07, 6.45) is 0.146. The number of hydrogen-bond donors (Lipinski definition) is 13. The highest BCUT2D eigenvalue weighted by atomic mass is 33.1. The number of primary amides is 1. The molecule has 16 N–H and O–H groups in total. The van der Waals surface area contributed by atoms with Crippen LogP contribution in [0.3, 0.4) is 0 Å². The molecule has 0 bridgehead atoms. The Bertz CT molecular complexity index is 1970. The third kappa shape index (κ3) is 21.4. The summed E-state index contributed by atoms with van der Waals surface area (Å²) in [6.45, 7) is 11.5. The number of phenolic OH excluding ortho intramolecular Hbond substituents is 1. The summed E-state index contributed by atoms with van der Waals surface area (Å²) < 4.78 is 0. The van der Waals surface area contributed by atoms with E-state index in [1.807, 2.05) is 20.8 Å². The van der Waals surface area contributed by atoms with Crippen molar-refractivity contribution >= 4 is 80.7 Å². The Balaban J connectivity index is 2.68. The minimum Gasteiger partial charge on any atom is -0.508 e. The number of aliphatic hydroxyl groups is 1. The molecule has 1 aliphatic rings. The summed E-state index contributed by atoms with van der Waals surface area (Å²) in [5.74, 6) is -8.32. The smallest absolute Gasteiger partial charge is 0.245 e. The molecule has 1 saturated heterocycles. The summed E-state index contributed by atoms with van der Waals surface area (Å²) in [7, 11) is 2.08. The number of nitrogens with zero attached hydrogens (tertiary/aromatic N) is 1. The van der Waals surface area contributed by atoms with Crippen LogP contribution in [0.25, 0.3) is 0 Å². The molecule has 1 aliphatic heterocycles. The fourth-order valence-electron chi connectivity index (χ4n) is 7.04. The number of aromatic hydroxyl groups is 1. The SMILES string of the molecule is CCCC[C@H](NC(=O)C1CSSC[C@@H](NC(C)=O)C(=O)NC(CC(C)C)C(=O)N[C@@H]([C@@H](C)CC)C(=O)N[C@@H]([C@@H](C)O)C(=O)NC(CCCN=C(N)N)C(=O)N1)C(=O)N[C@@H](Cc1ccc(O)cc1)C(N)=O. The van der Waals surface area contributed by atoms with E-state index in [2.05, 4.69) is 47.5 Å². The minimum atomic E-state index is -1.67. The summed E-state index contributed by atoms with van der Waals surface area (Å²) >= 11 is 0. The molecule has 3 unspecified atom stereocenters. The lowest BCUT2D eigenvalue weighted by molar-refractivity contribution is -0.137. The predicted molar refractivity (Wildman–Crippen MR) is 267 cm³/mol. The monoisotopic (exact) mass is 1020 g/mol. The van der Waals surface area contributed by atoms with Crippen LogP contribution in [0.2, 0.25) is 0 Å². The standard InChI is InChI=1S/C45H74N12O11S2/c1-8-10-12-29(38(62)53-31(37(46)61)20-27-14-16-28(60)17-15-27)51-42(66)34-22-70-69-21-33(50-26(7)59)41(65)54-32(19-23(3)4)40(64)56-35(24(5)9-2)43(67)57-36(25(6)58)44(68)52-30(39(63)55-34)13-11-18-49-45(47)48/h14-17,23-25,29-36,58,60H,8-13,18-22H2,1-7H3,(H2,46,61)(H,50,59)(H,51,66)(H,52,68)(H,53,62)(H,54,65)(H,55,63)(H,56,64)(H,57,67)(H4,47,48,49)/t24-,25+,29-,30?,31-,32?,33+,34?,35-,36-/m0/s1. The quantitative estimate of drug-likeness (QED) is 0.0304. The summed E-state index contributed by atoms with van der Waals surface area (Å²) in [5, 5.41) is 41.6. The molecule has 0 radical (unpaired) electrons. The summed E-state index contributed by atoms with van der Waals surface area (Å²) in [4.78, 5) is 127. The maximum atomic E-state index is 14.4. The van der Waals surface area contributed by atoms with Crippen molar-refractivity contribution in [3.05, 3.63) is 29.8 Å². The van der Waals surface area contributed by atoms with Gasteiger partial charge in [-0.05, 0) is 62.1 Å². The molecule has 0 aromatic heterocycles. The second-order valence-corrected chi connectivity index (χ2v) is 20.3. The van der Waals surface area contributed by atoms with Gasteiger partial charge in [-0.15, -0.1) is 0 Å². The Hall–Kier alpha value is -5.82. The van der Waals surface area contributed by atoms with Crippen LogP contribution in [0.1, 0.15) is 99.0 Å². The van der Waals surface area contributed by atoms with E-state index in [-0.39, 0.29) is 67.8 Å². The van der Waals surface area contributed by atoms with Gasteiger partial charge in [0.15, 0.2) is 5.96 Å². The number of nitrogens with two attached hydrogens (primary N) is 3. The number of aliphatic hydroxyl groups excluding tert-OH is 1. The lowest BCUT2D eigenvalue weighted by Gasteiger charge is -2.31. The molecule has 10 atom stereocenters. The first-order valence-electron chi connectivity index (χ1n) is 23.4. The molecule has 1 fully saturated rings. The molecule has 0 aliphatic carbocycles. The van der Waals surface area contributed by atoms with Crippen molar-refractivity contribution in [2.24, 2.45) is 34.0 Å². The molecule has 1 aromatic carbocycles. The van der Waals surface area contributed by atoms with Crippen LogP contribution < -0.4 is 59.7 Å². The number of carbonyl (C=O) groups excluding carboxylic acids is 9. The Kier molecular flexibility index (Phi) is 26.5. The number of unbranched alkanes of at least 4 members (excludes halogenated alkanes) is 1. The molecule has 1 aromatic rings. The van der Waals surface area contributed by atoms with Gasteiger partial charge in [-0.2, -0.15) is 0 Å². The summed E-state index contributed by atoms with van der Waals surface area (Å²) in [6, 6.07) is -4.67. The van der Waals surface area contributed by atoms with Crippen molar-refractivity contribution in [3.63, 3.8) is 0 Å². The molecular weight excluding hydrogens is 949 g/mol. The van der Waals surface area contributed by atoms with Crippen molar-refractivity contribution in [1.82, 2.24) is 42.5 Å². The van der Waals surface area contributed by atoms with Gasteiger partial charge >= 0.3 is 0 Å². The zero-order valence-corrected chi connectivity index (χ0v) is 42.6. The van der Waals surface area contributed by atoms with Crippen molar-refractivity contribution in [3.8, 4) is 5.75 Å². The van der Waals surface area contributed by atoms with Gasteiger partial charge in [0, 0.05) is 31.4 Å². The highest BCUT2D eigenvalue weighted by Crippen LogP contribution is 2.24. The van der Waals surface area contributed by atoms with Crippen molar-refractivity contribution in [2.45, 2.75) is 154 Å². The zero-order valence-electron chi connectivity index (χ0n) is 41.0. The first-order chi connectivity index (χ1) is 33.0. The second kappa shape index (κ2) is 30.7. The largest absolute Gasteiger partial charge is 0.508 e. The van der Waals surface area contributed by atoms with E-state index in [4.69, 9.17) is 17.2 Å². The van der Waals surface area contributed by atoms with Crippen LogP contribution in [0.15, 0.2) is 29.3 Å². The predicted octanol–water partition coefficient (Wildman–Crippen LogP) is -1.57. The number of benzene rings is 1. The van der Waals surface area contributed by atoms with E-state index < -0.39 is 114 Å². The number of amides is 9. The van der Waals surface area contributed by atoms with Crippen LogP contribution in [0, 0.1) is 11.8 Å². The summed E-state index contributed by atoms with van der Waals surface area (Å²) in [5.41, 5.74) is 17.3. The highest BCUT2D eigenvalue weighted by Gasteiger charge is 2.37. The molecule has 25 heteroatoms. The number of aliphatic imine (C=N–C) groups is 1. The minimum absolute atomic E-state index is 0.00853. The molecule has 392 valence electrons. The molecule has 2 rings (SSSR count). The molecular formula is C45H74N12O11S2. The highest BCUT2D eigenvalue weighted by molar-refractivity contribution is 8.76. The average molecular weight is 1020 g/mol. The van der Waals surface area contributed by atoms with Crippen molar-refractivity contribution < 1.29 is 53.4 Å². The lowest BCUT2D eigenvalue weighted by atomic mass is 9.96. The van der Waals surface area contributed by atoms with Crippen LogP contribution in [0.5, 0.6) is 5.75 Å². The van der Waals surface area contributed by atoms with Crippen molar-refractivity contribution in [1.29, 1.82) is 0 Å². The maximum absolute atomic E-state index is 14.4. The van der Waals surface area contributed by atoms with E-state index in [0.29, 0.717) is 24.8 Å². The molecule has 1 heterocycles. The molecule has 23 nitrogen and oxygen atoms in total. The number of phenols is 1. The average Bonchev–Trinajstić information content (AvgIpc) is 3.28. The van der Waals surface area contributed by atoms with Crippen LogP contribution in [0.4, 0.5) is 0 Å². The third-order valence-electron chi connectivity index (χ3n) is 11.2. The first-order valence-corrected chi connectivity index (χ1v) is 25.9. The maximum Gasteiger partial charge on any atom is 0.245 e. The molecule has 0 saturated carbocycles. The fourth-order valence-corrected chi connectivity index (χ4v) is 9.37. The van der Waals surface area contributed by atoms with Crippen LogP contribution in [-0.2, 0) is 49.6 Å². The second-order valence-electron chi connectivity index (χ2n) is 17.7. The molecule has 0 spiro atoms. The number of rotatable bonds is 20. The fraction of sp³-hybridized carbons (Fsp3) is 0.644. The number of nitrogens with one attached hydrogen (secondary N) is 8. The van der Waals surface area contributed by atoms with E-state index in [9.17, 15) is 53.4 Å². The third-order valence-corrected chi connectivity index (χ3v) is 13.6. The normalized spacial score (nSPS) is 22.8. The van der Waals surface area contributed by atoms with Gasteiger partial charge in [-0.3, -0.25) is 48.1 Å². The van der Waals surface area contributed by atoms with Gasteiger partial charge in [0.05, 0.1) is 6.10 Å². The lowest BCUT2D eigenvalue weighted by Crippen LogP contribution is -2.63. The molecule has 70 heavy (non-hydrogen) atoms. The van der Waals surface area contributed by atoms with E-state index >= 15 is 0 Å². The van der Waals surface area contributed by atoms with Gasteiger partial charge in [0.1, 0.15) is 54.1 Å². The Morgan fingerprint density at radius 1 is 0.771 bits per heavy atom. The Morgan fingerprint density at radius 3 is 1.94 bits per heavy atom. The van der Waals surface area contributed by atoms with Gasteiger partial charge in [0.2, 0.25) is 53.2 Å². The number of guanidine groups is 1. The number of carbonyl (C=O) groups is 9. The van der Waals surface area contributed by atoms with Crippen molar-refractivity contribution in [2.75, 3.05) is 18.1 Å². The molecule has 9 amide bonds. The Morgan fingerprint density at radius 2 is 1.37 bits per heavy atom. The van der Waals surface area contributed by atoms with E-state index in [1.54, 1.807) is 26.0 Å².